The van der Waals surface area contributed by atoms with Crippen LogP contribution in [0.4, 0.5) is 0 Å². The molecule has 1 aliphatic heterocycles. The first-order chi connectivity index (χ1) is 10.7. The Bertz CT molecular complexity index is 530. The molecular formula is C17H24N2O3. The molecular weight excluding hydrogens is 280 g/mol. The van der Waals surface area contributed by atoms with Crippen molar-refractivity contribution in [3.63, 3.8) is 0 Å². The zero-order chi connectivity index (χ0) is 15.5. The van der Waals surface area contributed by atoms with E-state index in [-0.39, 0.29) is 18.1 Å². The van der Waals surface area contributed by atoms with E-state index in [1.165, 1.54) is 0 Å². The lowest BCUT2D eigenvalue weighted by Crippen LogP contribution is -2.40. The average Bonchev–Trinajstić information content (AvgIpc) is 3.28. The highest BCUT2D eigenvalue weighted by Gasteiger charge is 2.39. The van der Waals surface area contributed by atoms with Crippen LogP contribution in [0.3, 0.4) is 0 Å². The number of hydrogen-bond donors (Lipinski definition) is 1. The summed E-state index contributed by atoms with van der Waals surface area (Å²) in [5.41, 5.74) is 6.68. The molecule has 1 aromatic rings. The molecule has 2 fully saturated rings. The second-order valence-electron chi connectivity index (χ2n) is 6.07. The maximum Gasteiger partial charge on any atom is 0.252 e. The topological polar surface area (TPSA) is 64.8 Å². The fourth-order valence-corrected chi connectivity index (χ4v) is 3.04. The van der Waals surface area contributed by atoms with E-state index in [1.807, 2.05) is 29.2 Å². The molecule has 5 heteroatoms. The van der Waals surface area contributed by atoms with E-state index < -0.39 is 0 Å². The zero-order valence-electron chi connectivity index (χ0n) is 13.0. The van der Waals surface area contributed by atoms with Gasteiger partial charge in [0.05, 0.1) is 13.2 Å². The van der Waals surface area contributed by atoms with Crippen molar-refractivity contribution in [2.45, 2.75) is 50.5 Å². The Kier molecular flexibility index (Phi) is 4.64. The summed E-state index contributed by atoms with van der Waals surface area (Å²) in [6.45, 7) is 1.07. The highest BCUT2D eigenvalue weighted by molar-refractivity contribution is 5.82. The van der Waals surface area contributed by atoms with Gasteiger partial charge in [0.25, 0.3) is 5.91 Å². The molecule has 1 aliphatic carbocycles. The van der Waals surface area contributed by atoms with Gasteiger partial charge in [-0.05, 0) is 31.7 Å². The molecule has 0 unspecified atom stereocenters. The lowest BCUT2D eigenvalue weighted by molar-refractivity contribution is -0.144. The van der Waals surface area contributed by atoms with E-state index in [2.05, 4.69) is 0 Å². The summed E-state index contributed by atoms with van der Waals surface area (Å²) < 4.78 is 11.2. The molecule has 2 N–H and O–H groups in total. The maximum atomic E-state index is 12.8. The van der Waals surface area contributed by atoms with Crippen molar-refractivity contribution in [2.24, 2.45) is 5.73 Å². The third-order valence-electron chi connectivity index (χ3n) is 4.45. The van der Waals surface area contributed by atoms with Gasteiger partial charge >= 0.3 is 0 Å². The molecule has 0 bridgehead atoms. The third-order valence-corrected chi connectivity index (χ3v) is 4.45. The van der Waals surface area contributed by atoms with Crippen LogP contribution in [0.2, 0.25) is 0 Å². The van der Waals surface area contributed by atoms with Crippen LogP contribution in [0.5, 0.6) is 5.75 Å². The maximum absolute atomic E-state index is 12.8. The molecule has 2 atom stereocenters. The molecule has 5 nitrogen and oxygen atoms in total. The molecule has 1 saturated heterocycles. The van der Waals surface area contributed by atoms with Crippen molar-refractivity contribution in [2.75, 3.05) is 13.7 Å². The first-order valence-corrected chi connectivity index (χ1v) is 8.01. The van der Waals surface area contributed by atoms with Crippen molar-refractivity contribution >= 4 is 5.91 Å². The number of ether oxygens (including phenoxy) is 2. The number of nitrogens with zero attached hydrogens (tertiary/aromatic N) is 1. The van der Waals surface area contributed by atoms with Crippen LogP contribution in [0, 0.1) is 0 Å². The van der Waals surface area contributed by atoms with Crippen LogP contribution in [0.15, 0.2) is 24.3 Å². The Morgan fingerprint density at radius 1 is 1.32 bits per heavy atom. The molecule has 1 amide bonds. The monoisotopic (exact) mass is 304 g/mol. The summed E-state index contributed by atoms with van der Waals surface area (Å²) in [5.74, 6) is 0.928. The van der Waals surface area contributed by atoms with Crippen molar-refractivity contribution in [3.8, 4) is 5.75 Å². The number of amides is 1. The van der Waals surface area contributed by atoms with Crippen molar-refractivity contribution in [1.82, 2.24) is 4.90 Å². The molecule has 1 aromatic carbocycles. The smallest absolute Gasteiger partial charge is 0.252 e. The largest absolute Gasteiger partial charge is 0.496 e. The van der Waals surface area contributed by atoms with Gasteiger partial charge in [0.15, 0.2) is 0 Å². The Morgan fingerprint density at radius 3 is 2.73 bits per heavy atom. The van der Waals surface area contributed by atoms with Gasteiger partial charge in [-0.2, -0.15) is 0 Å². The molecule has 0 spiro atoms. The Hall–Kier alpha value is -1.59. The minimum Gasteiger partial charge on any atom is -0.496 e. The van der Waals surface area contributed by atoms with E-state index in [4.69, 9.17) is 15.2 Å². The molecule has 1 saturated carbocycles. The third kappa shape index (κ3) is 3.25. The number of methoxy groups -OCH3 is 1. The predicted octanol–water partition coefficient (Wildman–Crippen LogP) is 1.69. The number of carbonyl (C=O) groups is 1. The summed E-state index contributed by atoms with van der Waals surface area (Å²) in [6.07, 6.45) is 3.50. The van der Waals surface area contributed by atoms with Crippen molar-refractivity contribution in [3.05, 3.63) is 29.8 Å². The average molecular weight is 304 g/mol. The highest BCUT2D eigenvalue weighted by Crippen LogP contribution is 2.33. The van der Waals surface area contributed by atoms with Crippen LogP contribution in [0.25, 0.3) is 0 Å². The summed E-state index contributed by atoms with van der Waals surface area (Å²) >= 11 is 0. The number of carbonyl (C=O) groups excluding carboxylic acids is 1. The van der Waals surface area contributed by atoms with Crippen LogP contribution in [0.1, 0.15) is 31.2 Å². The van der Waals surface area contributed by atoms with Crippen LogP contribution >= 0.6 is 0 Å². The number of para-hydroxylation sites is 1. The lowest BCUT2D eigenvalue weighted by Gasteiger charge is -2.26. The minimum atomic E-state index is -0.330. The van der Waals surface area contributed by atoms with Gasteiger partial charge in [-0.25, -0.2) is 0 Å². The molecule has 1 heterocycles. The van der Waals surface area contributed by atoms with E-state index in [9.17, 15) is 4.79 Å². The quantitative estimate of drug-likeness (QED) is 0.868. The van der Waals surface area contributed by atoms with Crippen LogP contribution in [-0.2, 0) is 16.1 Å². The second kappa shape index (κ2) is 6.67. The minimum absolute atomic E-state index is 0.0289. The molecule has 3 rings (SSSR count). The van der Waals surface area contributed by atoms with Gasteiger partial charge in [0, 0.05) is 24.7 Å². The first kappa shape index (κ1) is 15.3. The van der Waals surface area contributed by atoms with E-state index in [0.717, 1.165) is 37.0 Å². The molecule has 0 radical (unpaired) electrons. The number of benzene rings is 1. The Balaban J connectivity index is 1.72. The summed E-state index contributed by atoms with van der Waals surface area (Å²) in [6, 6.07) is 8.21. The van der Waals surface area contributed by atoms with Crippen LogP contribution < -0.4 is 10.5 Å². The van der Waals surface area contributed by atoms with Crippen LogP contribution in [-0.4, -0.2) is 42.7 Å². The fraction of sp³-hybridized carbons (Fsp3) is 0.588. The Labute approximate surface area is 131 Å². The standard InChI is InChI=1S/C17H24N2O3/c1-21-15-5-3-2-4-12(15)11-19(13-6-7-13)17(20)16-9-8-14(10-18)22-16/h2-5,13-14,16H,6-11,18H2,1H3/t14-,16+/m1/s1. The predicted molar refractivity (Wildman–Crippen MR) is 83.5 cm³/mol. The van der Waals surface area contributed by atoms with Gasteiger partial charge in [-0.3, -0.25) is 4.79 Å². The van der Waals surface area contributed by atoms with Gasteiger partial charge in [0.2, 0.25) is 0 Å². The molecule has 2 aliphatic rings. The number of rotatable bonds is 6. The first-order valence-electron chi connectivity index (χ1n) is 8.01. The van der Waals surface area contributed by atoms with E-state index in [1.54, 1.807) is 7.11 Å². The van der Waals surface area contributed by atoms with E-state index >= 15 is 0 Å². The molecule has 120 valence electrons. The molecule has 0 aromatic heterocycles. The summed E-state index contributed by atoms with van der Waals surface area (Å²) in [5, 5.41) is 0. The SMILES string of the molecule is COc1ccccc1CN(C(=O)[C@@H]1CC[C@H](CN)O1)C1CC1. The van der Waals surface area contributed by atoms with Gasteiger partial charge < -0.3 is 20.1 Å². The van der Waals surface area contributed by atoms with E-state index in [0.29, 0.717) is 19.1 Å². The number of nitrogens with two attached hydrogens (primary N) is 1. The summed E-state index contributed by atoms with van der Waals surface area (Å²) in [7, 11) is 1.66. The lowest BCUT2D eigenvalue weighted by atomic mass is 10.1. The number of hydrogen-bond acceptors (Lipinski definition) is 4. The van der Waals surface area contributed by atoms with Crippen molar-refractivity contribution in [1.29, 1.82) is 0 Å². The van der Waals surface area contributed by atoms with Crippen molar-refractivity contribution < 1.29 is 14.3 Å². The second-order valence-corrected chi connectivity index (χ2v) is 6.07. The Morgan fingerprint density at radius 2 is 2.09 bits per heavy atom. The highest BCUT2D eigenvalue weighted by atomic mass is 16.5. The van der Waals surface area contributed by atoms with Gasteiger partial charge in [-0.15, -0.1) is 0 Å². The normalized spacial score (nSPS) is 24.3. The van der Waals surface area contributed by atoms with Gasteiger partial charge in [0.1, 0.15) is 11.9 Å². The van der Waals surface area contributed by atoms with Gasteiger partial charge in [-0.1, -0.05) is 18.2 Å². The zero-order valence-corrected chi connectivity index (χ0v) is 13.0. The summed E-state index contributed by atoms with van der Waals surface area (Å²) in [4.78, 5) is 14.8. The molecule has 22 heavy (non-hydrogen) atoms. The fourth-order valence-electron chi connectivity index (χ4n) is 3.04.